The summed E-state index contributed by atoms with van der Waals surface area (Å²) in [5, 5.41) is 2.69. The topological polar surface area (TPSA) is 81.1 Å². The van der Waals surface area contributed by atoms with Crippen molar-refractivity contribution in [2.75, 3.05) is 6.26 Å². The number of carbonyl (C=O) groups excluding carboxylic acids is 1. The zero-order valence-corrected chi connectivity index (χ0v) is 13.2. The molecule has 0 aliphatic carbocycles. The second-order valence-electron chi connectivity index (χ2n) is 5.02. The molecule has 1 aromatic heterocycles. The van der Waals surface area contributed by atoms with Gasteiger partial charge in [-0.1, -0.05) is 6.07 Å². The Balaban J connectivity index is 2.20. The van der Waals surface area contributed by atoms with Crippen LogP contribution in [0.25, 0.3) is 0 Å². The van der Waals surface area contributed by atoms with Crippen LogP contribution in [0.5, 0.6) is 0 Å². The molecule has 1 unspecified atom stereocenters. The van der Waals surface area contributed by atoms with E-state index in [-0.39, 0.29) is 10.7 Å². The minimum atomic E-state index is -3.62. The highest BCUT2D eigenvalue weighted by Crippen LogP contribution is 2.20. The summed E-state index contributed by atoms with van der Waals surface area (Å²) in [5.74, 6) is -0.995. The van der Waals surface area contributed by atoms with Crippen LogP contribution in [-0.4, -0.2) is 30.1 Å². The fourth-order valence-electron chi connectivity index (χ4n) is 2.02. The molecule has 0 aliphatic rings. The van der Waals surface area contributed by atoms with Crippen LogP contribution in [0.15, 0.2) is 35.5 Å². The van der Waals surface area contributed by atoms with E-state index >= 15 is 0 Å². The normalized spacial score (nSPS) is 12.9. The first-order valence-corrected chi connectivity index (χ1v) is 8.37. The summed E-state index contributed by atoms with van der Waals surface area (Å²) in [6, 6.07) is 3.29. The van der Waals surface area contributed by atoms with Crippen LogP contribution >= 0.6 is 0 Å². The van der Waals surface area contributed by atoms with Gasteiger partial charge in [0, 0.05) is 25.7 Å². The van der Waals surface area contributed by atoms with Crippen molar-refractivity contribution in [3.8, 4) is 0 Å². The zero-order chi connectivity index (χ0) is 16.5. The first kappa shape index (κ1) is 16.2. The molecular weight excluding hydrogens is 309 g/mol. The molecular formula is C14H16FN3O3S. The van der Waals surface area contributed by atoms with E-state index in [1.165, 1.54) is 18.3 Å². The molecule has 6 nitrogen and oxygen atoms in total. The van der Waals surface area contributed by atoms with Gasteiger partial charge in [-0.25, -0.2) is 17.8 Å². The van der Waals surface area contributed by atoms with Gasteiger partial charge in [0.15, 0.2) is 15.7 Å². The lowest BCUT2D eigenvalue weighted by Gasteiger charge is -2.15. The third kappa shape index (κ3) is 3.33. The maximum absolute atomic E-state index is 13.9. The second kappa shape index (κ2) is 5.88. The van der Waals surface area contributed by atoms with Gasteiger partial charge in [0.1, 0.15) is 10.7 Å². The molecule has 1 amide bonds. The number of aromatic nitrogens is 2. The number of imidazole rings is 1. The monoisotopic (exact) mass is 325 g/mol. The van der Waals surface area contributed by atoms with Crippen LogP contribution in [-0.2, 0) is 16.9 Å². The highest BCUT2D eigenvalue weighted by Gasteiger charge is 2.18. The standard InChI is InChI=1S/C14H16FN3O3S/c1-9(17-14(19)13-16-6-7-18(13)2)10-4-5-12(11(15)8-10)22(3,20)21/h4-9H,1-3H3,(H,17,19). The summed E-state index contributed by atoms with van der Waals surface area (Å²) in [6.45, 7) is 1.68. The highest BCUT2D eigenvalue weighted by molar-refractivity contribution is 7.90. The number of nitrogens with one attached hydrogen (secondary N) is 1. The van der Waals surface area contributed by atoms with Crippen molar-refractivity contribution < 1.29 is 17.6 Å². The molecule has 0 aliphatic heterocycles. The van der Waals surface area contributed by atoms with Gasteiger partial charge < -0.3 is 9.88 Å². The van der Waals surface area contributed by atoms with E-state index in [0.717, 1.165) is 12.3 Å². The van der Waals surface area contributed by atoms with Crippen LogP contribution in [0.1, 0.15) is 29.1 Å². The van der Waals surface area contributed by atoms with E-state index in [0.29, 0.717) is 5.56 Å². The van der Waals surface area contributed by atoms with Gasteiger partial charge >= 0.3 is 0 Å². The summed E-state index contributed by atoms with van der Waals surface area (Å²) >= 11 is 0. The van der Waals surface area contributed by atoms with Gasteiger partial charge in [0.05, 0.1) is 6.04 Å². The third-order valence-electron chi connectivity index (χ3n) is 3.23. The first-order chi connectivity index (χ1) is 10.2. The molecule has 1 aromatic carbocycles. The molecule has 0 fully saturated rings. The molecule has 1 heterocycles. The number of amides is 1. The summed E-state index contributed by atoms with van der Waals surface area (Å²) in [5.41, 5.74) is 0.465. The van der Waals surface area contributed by atoms with Crippen molar-refractivity contribution in [1.82, 2.24) is 14.9 Å². The van der Waals surface area contributed by atoms with Crippen molar-refractivity contribution in [2.45, 2.75) is 17.9 Å². The van der Waals surface area contributed by atoms with Gasteiger partial charge in [-0.15, -0.1) is 0 Å². The lowest BCUT2D eigenvalue weighted by molar-refractivity contribution is 0.0926. The molecule has 8 heteroatoms. The Labute approximate surface area is 127 Å². The average molecular weight is 325 g/mol. The summed E-state index contributed by atoms with van der Waals surface area (Å²) < 4.78 is 38.2. The maximum atomic E-state index is 13.9. The smallest absolute Gasteiger partial charge is 0.287 e. The minimum absolute atomic E-state index is 0.236. The molecule has 0 saturated heterocycles. The number of hydrogen-bond acceptors (Lipinski definition) is 4. The lowest BCUT2D eigenvalue weighted by Crippen LogP contribution is -2.29. The fourth-order valence-corrected chi connectivity index (χ4v) is 2.74. The molecule has 0 spiro atoms. The molecule has 1 N–H and O–H groups in total. The molecule has 0 radical (unpaired) electrons. The number of rotatable bonds is 4. The van der Waals surface area contributed by atoms with E-state index in [1.54, 1.807) is 24.7 Å². The van der Waals surface area contributed by atoms with E-state index in [4.69, 9.17) is 0 Å². The quantitative estimate of drug-likeness (QED) is 0.922. The van der Waals surface area contributed by atoms with Gasteiger partial charge in [0.25, 0.3) is 5.91 Å². The molecule has 0 bridgehead atoms. The average Bonchev–Trinajstić information content (AvgIpc) is 2.83. The molecule has 2 rings (SSSR count). The number of aryl methyl sites for hydroxylation is 1. The van der Waals surface area contributed by atoms with Gasteiger partial charge in [-0.3, -0.25) is 4.79 Å². The first-order valence-electron chi connectivity index (χ1n) is 6.48. The van der Waals surface area contributed by atoms with Gasteiger partial charge in [-0.05, 0) is 24.6 Å². The van der Waals surface area contributed by atoms with Crippen molar-refractivity contribution in [2.24, 2.45) is 7.05 Å². The molecule has 0 saturated carbocycles. The second-order valence-corrected chi connectivity index (χ2v) is 7.00. The zero-order valence-electron chi connectivity index (χ0n) is 12.4. The number of hydrogen-bond donors (Lipinski definition) is 1. The number of carbonyl (C=O) groups is 1. The predicted molar refractivity (Wildman–Crippen MR) is 78.6 cm³/mol. The Morgan fingerprint density at radius 2 is 2.09 bits per heavy atom. The highest BCUT2D eigenvalue weighted by atomic mass is 32.2. The van der Waals surface area contributed by atoms with Crippen LogP contribution in [0.4, 0.5) is 4.39 Å². The molecule has 1 atom stereocenters. The number of sulfone groups is 1. The number of halogens is 1. The molecule has 2 aromatic rings. The summed E-state index contributed by atoms with van der Waals surface area (Å²) in [4.78, 5) is 15.6. The Morgan fingerprint density at radius 1 is 1.41 bits per heavy atom. The molecule has 22 heavy (non-hydrogen) atoms. The van der Waals surface area contributed by atoms with Crippen molar-refractivity contribution >= 4 is 15.7 Å². The van der Waals surface area contributed by atoms with Crippen LogP contribution in [0.3, 0.4) is 0 Å². The van der Waals surface area contributed by atoms with E-state index < -0.39 is 27.6 Å². The van der Waals surface area contributed by atoms with Crippen LogP contribution in [0.2, 0.25) is 0 Å². The van der Waals surface area contributed by atoms with Crippen molar-refractivity contribution in [3.05, 3.63) is 47.8 Å². The predicted octanol–water partition coefficient (Wildman–Crippen LogP) is 1.45. The SMILES string of the molecule is CC(NC(=O)c1nccn1C)c1ccc(S(C)(=O)=O)c(F)c1. The Kier molecular flexibility index (Phi) is 4.32. The Hall–Kier alpha value is -2.22. The van der Waals surface area contributed by atoms with Crippen LogP contribution in [0, 0.1) is 5.82 Å². The largest absolute Gasteiger partial charge is 0.343 e. The van der Waals surface area contributed by atoms with Crippen molar-refractivity contribution in [1.29, 1.82) is 0 Å². The number of benzene rings is 1. The maximum Gasteiger partial charge on any atom is 0.287 e. The third-order valence-corrected chi connectivity index (χ3v) is 4.36. The van der Waals surface area contributed by atoms with E-state index in [2.05, 4.69) is 10.3 Å². The number of nitrogens with zero attached hydrogens (tertiary/aromatic N) is 2. The Morgan fingerprint density at radius 3 is 2.59 bits per heavy atom. The van der Waals surface area contributed by atoms with Gasteiger partial charge in [0.2, 0.25) is 0 Å². The minimum Gasteiger partial charge on any atom is -0.343 e. The van der Waals surface area contributed by atoms with Crippen LogP contribution < -0.4 is 5.32 Å². The fraction of sp³-hybridized carbons (Fsp3) is 0.286. The lowest BCUT2D eigenvalue weighted by atomic mass is 10.1. The van der Waals surface area contributed by atoms with E-state index in [1.807, 2.05) is 0 Å². The summed E-state index contributed by atoms with van der Waals surface area (Å²) in [6.07, 6.45) is 4.08. The molecule has 118 valence electrons. The van der Waals surface area contributed by atoms with E-state index in [9.17, 15) is 17.6 Å². The Bertz CT molecular complexity index is 814. The van der Waals surface area contributed by atoms with Gasteiger partial charge in [-0.2, -0.15) is 0 Å². The summed E-state index contributed by atoms with van der Waals surface area (Å²) in [7, 11) is -1.93. The van der Waals surface area contributed by atoms with Crippen molar-refractivity contribution in [3.63, 3.8) is 0 Å².